The first kappa shape index (κ1) is 9.46. The standard InChI is InChI=1S/C11H14N2S/c1-7-6-8(11(12)14)2-5-10(7)13-9-3-4-9/h2,5-6,9,13H,3-4H2,1H3,(H2,12,14). The first-order valence-corrected chi connectivity index (χ1v) is 5.24. The third kappa shape index (κ3) is 2.04. The number of hydrogen-bond acceptors (Lipinski definition) is 2. The zero-order valence-electron chi connectivity index (χ0n) is 8.21. The van der Waals surface area contributed by atoms with Gasteiger partial charge in [0.15, 0.2) is 0 Å². The Morgan fingerprint density at radius 2 is 2.21 bits per heavy atom. The molecule has 1 aliphatic rings. The summed E-state index contributed by atoms with van der Waals surface area (Å²) in [6.07, 6.45) is 2.58. The highest BCUT2D eigenvalue weighted by Gasteiger charge is 2.21. The number of hydrogen-bond donors (Lipinski definition) is 2. The average molecular weight is 206 g/mol. The number of benzene rings is 1. The van der Waals surface area contributed by atoms with E-state index in [2.05, 4.69) is 18.3 Å². The Labute approximate surface area is 89.5 Å². The minimum Gasteiger partial charge on any atom is -0.389 e. The summed E-state index contributed by atoms with van der Waals surface area (Å²) in [7, 11) is 0. The van der Waals surface area contributed by atoms with Crippen LogP contribution in [-0.4, -0.2) is 11.0 Å². The fourth-order valence-electron chi connectivity index (χ4n) is 1.43. The van der Waals surface area contributed by atoms with Crippen molar-refractivity contribution in [1.29, 1.82) is 0 Å². The molecule has 2 rings (SSSR count). The Morgan fingerprint density at radius 1 is 1.50 bits per heavy atom. The molecule has 0 amide bonds. The van der Waals surface area contributed by atoms with E-state index in [0.717, 1.165) is 5.56 Å². The lowest BCUT2D eigenvalue weighted by Crippen LogP contribution is -2.10. The Hall–Kier alpha value is -1.09. The largest absolute Gasteiger partial charge is 0.389 e. The molecule has 1 saturated carbocycles. The van der Waals surface area contributed by atoms with Crippen LogP contribution in [0.15, 0.2) is 18.2 Å². The zero-order chi connectivity index (χ0) is 10.1. The van der Waals surface area contributed by atoms with E-state index >= 15 is 0 Å². The summed E-state index contributed by atoms with van der Waals surface area (Å²) < 4.78 is 0. The number of anilines is 1. The van der Waals surface area contributed by atoms with E-state index in [4.69, 9.17) is 18.0 Å². The Bertz CT molecular complexity index is 370. The van der Waals surface area contributed by atoms with Crippen molar-refractivity contribution in [3.8, 4) is 0 Å². The second-order valence-electron chi connectivity index (χ2n) is 3.81. The van der Waals surface area contributed by atoms with E-state index in [-0.39, 0.29) is 0 Å². The van der Waals surface area contributed by atoms with Crippen LogP contribution in [0.2, 0.25) is 0 Å². The molecule has 1 aliphatic carbocycles. The summed E-state index contributed by atoms with van der Waals surface area (Å²) in [5.74, 6) is 0. The average Bonchev–Trinajstić information content (AvgIpc) is 2.92. The molecule has 0 heterocycles. The number of nitrogens with one attached hydrogen (secondary N) is 1. The van der Waals surface area contributed by atoms with Crippen molar-refractivity contribution in [2.75, 3.05) is 5.32 Å². The molecule has 2 nitrogen and oxygen atoms in total. The molecule has 74 valence electrons. The molecular weight excluding hydrogens is 192 g/mol. The highest BCUT2D eigenvalue weighted by molar-refractivity contribution is 7.80. The molecule has 1 fully saturated rings. The van der Waals surface area contributed by atoms with Crippen molar-refractivity contribution in [3.63, 3.8) is 0 Å². The second-order valence-corrected chi connectivity index (χ2v) is 4.25. The molecule has 0 unspecified atom stereocenters. The van der Waals surface area contributed by atoms with E-state index in [1.54, 1.807) is 0 Å². The number of rotatable bonds is 3. The summed E-state index contributed by atoms with van der Waals surface area (Å²) in [5, 5.41) is 3.47. The van der Waals surface area contributed by atoms with Crippen molar-refractivity contribution in [1.82, 2.24) is 0 Å². The van der Waals surface area contributed by atoms with Gasteiger partial charge in [-0.1, -0.05) is 12.2 Å². The SMILES string of the molecule is Cc1cc(C(N)=S)ccc1NC1CC1. The van der Waals surface area contributed by atoms with Crippen LogP contribution in [0.3, 0.4) is 0 Å². The lowest BCUT2D eigenvalue weighted by atomic mass is 10.1. The highest BCUT2D eigenvalue weighted by atomic mass is 32.1. The Balaban J connectivity index is 2.21. The van der Waals surface area contributed by atoms with Gasteiger partial charge in [0.05, 0.1) is 0 Å². The van der Waals surface area contributed by atoms with Crippen molar-refractivity contribution in [3.05, 3.63) is 29.3 Å². The van der Waals surface area contributed by atoms with Crippen LogP contribution in [0.1, 0.15) is 24.0 Å². The van der Waals surface area contributed by atoms with Crippen molar-refractivity contribution < 1.29 is 0 Å². The molecule has 0 spiro atoms. The van der Waals surface area contributed by atoms with Gasteiger partial charge < -0.3 is 11.1 Å². The van der Waals surface area contributed by atoms with Gasteiger partial charge in [0, 0.05) is 17.3 Å². The molecule has 0 bridgehead atoms. The van der Waals surface area contributed by atoms with E-state index in [0.29, 0.717) is 11.0 Å². The summed E-state index contributed by atoms with van der Waals surface area (Å²) in [6, 6.07) is 6.75. The van der Waals surface area contributed by atoms with Crippen LogP contribution < -0.4 is 11.1 Å². The molecule has 0 radical (unpaired) electrons. The third-order valence-electron chi connectivity index (χ3n) is 2.45. The second kappa shape index (κ2) is 3.58. The van der Waals surface area contributed by atoms with Gasteiger partial charge in [-0.25, -0.2) is 0 Å². The van der Waals surface area contributed by atoms with Crippen LogP contribution in [-0.2, 0) is 0 Å². The Kier molecular flexibility index (Phi) is 2.42. The lowest BCUT2D eigenvalue weighted by molar-refractivity contribution is 1.14. The molecule has 0 atom stereocenters. The maximum atomic E-state index is 5.56. The van der Waals surface area contributed by atoms with Gasteiger partial charge in [0.25, 0.3) is 0 Å². The topological polar surface area (TPSA) is 38.0 Å². The van der Waals surface area contributed by atoms with E-state index in [1.165, 1.54) is 24.1 Å². The summed E-state index contributed by atoms with van der Waals surface area (Å²) in [4.78, 5) is 0.464. The van der Waals surface area contributed by atoms with Crippen molar-refractivity contribution in [2.45, 2.75) is 25.8 Å². The molecule has 3 heteroatoms. The molecule has 1 aromatic rings. The quantitative estimate of drug-likeness (QED) is 0.745. The van der Waals surface area contributed by atoms with Crippen LogP contribution in [0.4, 0.5) is 5.69 Å². The van der Waals surface area contributed by atoms with Gasteiger partial charge in [-0.05, 0) is 43.5 Å². The van der Waals surface area contributed by atoms with Crippen LogP contribution in [0, 0.1) is 6.92 Å². The summed E-state index contributed by atoms with van der Waals surface area (Å²) >= 11 is 4.92. The van der Waals surface area contributed by atoms with Gasteiger partial charge >= 0.3 is 0 Å². The number of nitrogens with two attached hydrogens (primary N) is 1. The van der Waals surface area contributed by atoms with Crippen LogP contribution in [0.25, 0.3) is 0 Å². The van der Waals surface area contributed by atoms with E-state index < -0.39 is 0 Å². The minimum absolute atomic E-state index is 0.464. The molecule has 0 aliphatic heterocycles. The molecule has 1 aromatic carbocycles. The molecule has 3 N–H and O–H groups in total. The van der Waals surface area contributed by atoms with Gasteiger partial charge in [0.2, 0.25) is 0 Å². The van der Waals surface area contributed by atoms with E-state index in [9.17, 15) is 0 Å². The first-order chi connectivity index (χ1) is 6.66. The number of aryl methyl sites for hydroxylation is 1. The normalized spacial score (nSPS) is 15.2. The van der Waals surface area contributed by atoms with Crippen LogP contribution in [0.5, 0.6) is 0 Å². The van der Waals surface area contributed by atoms with Gasteiger partial charge in [-0.2, -0.15) is 0 Å². The van der Waals surface area contributed by atoms with Crippen molar-refractivity contribution in [2.24, 2.45) is 5.73 Å². The van der Waals surface area contributed by atoms with E-state index in [1.807, 2.05) is 12.1 Å². The van der Waals surface area contributed by atoms with Gasteiger partial charge in [0.1, 0.15) is 4.99 Å². The maximum absolute atomic E-state index is 5.56. The number of thiocarbonyl (C=S) groups is 1. The first-order valence-electron chi connectivity index (χ1n) is 4.84. The fourth-order valence-corrected chi connectivity index (χ4v) is 1.55. The van der Waals surface area contributed by atoms with Gasteiger partial charge in [-0.15, -0.1) is 0 Å². The minimum atomic E-state index is 0.464. The summed E-state index contributed by atoms with van der Waals surface area (Å²) in [6.45, 7) is 2.08. The third-order valence-corrected chi connectivity index (χ3v) is 2.68. The zero-order valence-corrected chi connectivity index (χ0v) is 9.03. The predicted molar refractivity (Wildman–Crippen MR) is 63.7 cm³/mol. The molecular formula is C11H14N2S. The monoisotopic (exact) mass is 206 g/mol. The summed E-state index contributed by atoms with van der Waals surface area (Å²) in [5.41, 5.74) is 8.91. The smallest absolute Gasteiger partial charge is 0.103 e. The molecule has 0 saturated heterocycles. The van der Waals surface area contributed by atoms with Gasteiger partial charge in [-0.3, -0.25) is 0 Å². The predicted octanol–water partition coefficient (Wildman–Crippen LogP) is 2.20. The molecule has 0 aromatic heterocycles. The fraction of sp³-hybridized carbons (Fsp3) is 0.364. The maximum Gasteiger partial charge on any atom is 0.103 e. The van der Waals surface area contributed by atoms with Crippen LogP contribution >= 0.6 is 12.2 Å². The molecule has 14 heavy (non-hydrogen) atoms. The van der Waals surface area contributed by atoms with Crippen molar-refractivity contribution >= 4 is 22.9 Å². The lowest BCUT2D eigenvalue weighted by Gasteiger charge is -2.09. The highest BCUT2D eigenvalue weighted by Crippen LogP contribution is 2.26. The Morgan fingerprint density at radius 3 is 2.71 bits per heavy atom.